The third kappa shape index (κ3) is 3.47. The van der Waals surface area contributed by atoms with Crippen molar-refractivity contribution in [3.8, 4) is 0 Å². The summed E-state index contributed by atoms with van der Waals surface area (Å²) in [6.45, 7) is 2.44. The number of para-hydroxylation sites is 1. The van der Waals surface area contributed by atoms with Crippen LogP contribution in [0.2, 0.25) is 0 Å². The maximum Gasteiger partial charge on any atom is 0.238 e. The average Bonchev–Trinajstić information content (AvgIpc) is 2.85. The average molecular weight is 352 g/mol. The molecule has 1 saturated heterocycles. The molecule has 1 aromatic rings. The van der Waals surface area contributed by atoms with Crippen LogP contribution >= 0.6 is 15.9 Å². The smallest absolute Gasteiger partial charge is 0.238 e. The Morgan fingerprint density at radius 1 is 1.33 bits per heavy atom. The number of hydrogen-bond acceptors (Lipinski definition) is 3. The van der Waals surface area contributed by atoms with Crippen molar-refractivity contribution in [3.63, 3.8) is 0 Å². The van der Waals surface area contributed by atoms with Gasteiger partial charge in [-0.2, -0.15) is 0 Å². The first-order valence-corrected chi connectivity index (χ1v) is 8.45. The summed E-state index contributed by atoms with van der Waals surface area (Å²) in [6.07, 6.45) is 3.64. The molecule has 4 nitrogen and oxygen atoms in total. The highest BCUT2D eigenvalue weighted by Gasteiger charge is 2.38. The highest BCUT2D eigenvalue weighted by molar-refractivity contribution is 9.10. The van der Waals surface area contributed by atoms with E-state index in [9.17, 15) is 4.79 Å². The molecule has 0 bridgehead atoms. The van der Waals surface area contributed by atoms with E-state index in [1.54, 1.807) is 0 Å². The molecule has 2 fully saturated rings. The summed E-state index contributed by atoms with van der Waals surface area (Å²) in [7, 11) is 0. The number of halogens is 1. The molecule has 1 aliphatic carbocycles. The molecule has 1 saturated carbocycles. The van der Waals surface area contributed by atoms with Crippen LogP contribution in [-0.4, -0.2) is 36.5 Å². The Morgan fingerprint density at radius 3 is 2.90 bits per heavy atom. The SMILES string of the molecule is NC1CCCC2CN(CC(=O)Nc3ccccc3Br)CC12. The molecule has 1 heterocycles. The van der Waals surface area contributed by atoms with Crippen LogP contribution in [0.4, 0.5) is 5.69 Å². The van der Waals surface area contributed by atoms with Crippen molar-refractivity contribution >= 4 is 27.5 Å². The summed E-state index contributed by atoms with van der Waals surface area (Å²) in [5.41, 5.74) is 7.05. The molecule has 0 radical (unpaired) electrons. The fraction of sp³-hybridized carbons (Fsp3) is 0.562. The van der Waals surface area contributed by atoms with Gasteiger partial charge in [-0.25, -0.2) is 0 Å². The second-order valence-corrected chi connectivity index (χ2v) is 7.10. The van der Waals surface area contributed by atoms with Gasteiger partial charge in [0.1, 0.15) is 0 Å². The molecule has 3 N–H and O–H groups in total. The van der Waals surface area contributed by atoms with Gasteiger partial charge in [0.05, 0.1) is 12.2 Å². The molecular formula is C16H22BrN3O. The zero-order valence-electron chi connectivity index (χ0n) is 12.1. The van der Waals surface area contributed by atoms with Crippen LogP contribution in [0.15, 0.2) is 28.7 Å². The van der Waals surface area contributed by atoms with Crippen LogP contribution in [0.3, 0.4) is 0 Å². The third-order valence-electron chi connectivity index (χ3n) is 4.74. The van der Waals surface area contributed by atoms with Crippen LogP contribution < -0.4 is 11.1 Å². The van der Waals surface area contributed by atoms with E-state index < -0.39 is 0 Å². The summed E-state index contributed by atoms with van der Waals surface area (Å²) >= 11 is 3.45. The number of likely N-dealkylation sites (tertiary alicyclic amines) is 1. The van der Waals surface area contributed by atoms with Gasteiger partial charge in [-0.15, -0.1) is 0 Å². The maximum atomic E-state index is 12.2. The molecule has 2 aliphatic rings. The number of anilines is 1. The number of amides is 1. The first kappa shape index (κ1) is 15.0. The van der Waals surface area contributed by atoms with Crippen molar-refractivity contribution in [2.24, 2.45) is 17.6 Å². The highest BCUT2D eigenvalue weighted by atomic mass is 79.9. The van der Waals surface area contributed by atoms with E-state index in [1.165, 1.54) is 12.8 Å². The molecule has 21 heavy (non-hydrogen) atoms. The summed E-state index contributed by atoms with van der Waals surface area (Å²) in [5, 5.41) is 2.97. The van der Waals surface area contributed by atoms with Gasteiger partial charge in [-0.3, -0.25) is 9.69 Å². The molecule has 1 amide bonds. The number of carbonyl (C=O) groups is 1. The predicted octanol–water partition coefficient (Wildman–Crippen LogP) is 2.45. The minimum atomic E-state index is 0.0501. The summed E-state index contributed by atoms with van der Waals surface area (Å²) < 4.78 is 0.912. The summed E-state index contributed by atoms with van der Waals surface area (Å²) in [5.74, 6) is 1.31. The second-order valence-electron chi connectivity index (χ2n) is 6.24. The number of benzene rings is 1. The molecular weight excluding hydrogens is 330 g/mol. The number of hydrogen-bond donors (Lipinski definition) is 2. The molecule has 0 spiro atoms. The third-order valence-corrected chi connectivity index (χ3v) is 5.44. The lowest BCUT2D eigenvalue weighted by Gasteiger charge is -2.29. The quantitative estimate of drug-likeness (QED) is 0.879. The molecule has 0 aromatic heterocycles. The van der Waals surface area contributed by atoms with Gasteiger partial charge in [0.25, 0.3) is 0 Å². The van der Waals surface area contributed by atoms with Gasteiger partial charge >= 0.3 is 0 Å². The van der Waals surface area contributed by atoms with Crippen molar-refractivity contribution in [1.82, 2.24) is 4.90 Å². The molecule has 3 atom stereocenters. The van der Waals surface area contributed by atoms with E-state index in [-0.39, 0.29) is 5.91 Å². The van der Waals surface area contributed by atoms with Gasteiger partial charge in [0.15, 0.2) is 0 Å². The summed E-state index contributed by atoms with van der Waals surface area (Å²) in [6, 6.07) is 8.01. The fourth-order valence-electron chi connectivity index (χ4n) is 3.69. The number of nitrogens with two attached hydrogens (primary N) is 1. The lowest BCUT2D eigenvalue weighted by molar-refractivity contribution is -0.117. The standard InChI is InChI=1S/C16H22BrN3O/c17-13-5-1-2-7-15(13)19-16(21)10-20-8-11-4-3-6-14(18)12(11)9-20/h1-2,5,7,11-12,14H,3-4,6,8-10,18H2,(H,19,21). The number of rotatable bonds is 3. The Bertz CT molecular complexity index is 522. The van der Waals surface area contributed by atoms with Gasteiger partial charge in [0, 0.05) is 23.6 Å². The van der Waals surface area contributed by atoms with Crippen LogP contribution in [0.1, 0.15) is 19.3 Å². The molecule has 3 rings (SSSR count). The Balaban J connectivity index is 1.55. The van der Waals surface area contributed by atoms with Crippen molar-refractivity contribution < 1.29 is 4.79 Å². The molecule has 1 aromatic carbocycles. The molecule has 114 valence electrons. The lowest BCUT2D eigenvalue weighted by Crippen LogP contribution is -2.38. The van der Waals surface area contributed by atoms with E-state index in [2.05, 4.69) is 26.1 Å². The van der Waals surface area contributed by atoms with Gasteiger partial charge < -0.3 is 11.1 Å². The van der Waals surface area contributed by atoms with E-state index in [1.807, 2.05) is 24.3 Å². The summed E-state index contributed by atoms with van der Waals surface area (Å²) in [4.78, 5) is 14.5. The van der Waals surface area contributed by atoms with Crippen LogP contribution in [0.25, 0.3) is 0 Å². The monoisotopic (exact) mass is 351 g/mol. The first-order valence-electron chi connectivity index (χ1n) is 7.66. The zero-order chi connectivity index (χ0) is 14.8. The van der Waals surface area contributed by atoms with E-state index in [0.29, 0.717) is 24.4 Å². The number of fused-ring (bicyclic) bond motifs is 1. The van der Waals surface area contributed by atoms with E-state index >= 15 is 0 Å². The highest BCUT2D eigenvalue weighted by Crippen LogP contribution is 2.35. The van der Waals surface area contributed by atoms with Gasteiger partial charge in [-0.1, -0.05) is 18.6 Å². The Labute approximate surface area is 134 Å². The first-order chi connectivity index (χ1) is 10.1. The van der Waals surface area contributed by atoms with E-state index in [4.69, 9.17) is 5.73 Å². The number of nitrogens with zero attached hydrogens (tertiary/aromatic N) is 1. The lowest BCUT2D eigenvalue weighted by atomic mass is 9.78. The largest absolute Gasteiger partial charge is 0.327 e. The Hall–Kier alpha value is -0.910. The van der Waals surface area contributed by atoms with Crippen molar-refractivity contribution in [2.45, 2.75) is 25.3 Å². The molecule has 5 heteroatoms. The van der Waals surface area contributed by atoms with Crippen molar-refractivity contribution in [3.05, 3.63) is 28.7 Å². The number of carbonyl (C=O) groups excluding carboxylic acids is 1. The topological polar surface area (TPSA) is 58.4 Å². The molecule has 1 aliphatic heterocycles. The number of nitrogens with one attached hydrogen (secondary N) is 1. The van der Waals surface area contributed by atoms with Crippen molar-refractivity contribution in [2.75, 3.05) is 25.0 Å². The van der Waals surface area contributed by atoms with E-state index in [0.717, 1.165) is 29.7 Å². The fourth-order valence-corrected chi connectivity index (χ4v) is 4.08. The van der Waals surface area contributed by atoms with Crippen LogP contribution in [-0.2, 0) is 4.79 Å². The van der Waals surface area contributed by atoms with Gasteiger partial charge in [0.2, 0.25) is 5.91 Å². The predicted molar refractivity (Wildman–Crippen MR) is 88.0 cm³/mol. The minimum Gasteiger partial charge on any atom is -0.327 e. The zero-order valence-corrected chi connectivity index (χ0v) is 13.7. The van der Waals surface area contributed by atoms with Crippen LogP contribution in [0, 0.1) is 11.8 Å². The van der Waals surface area contributed by atoms with Gasteiger partial charge in [-0.05, 0) is 52.7 Å². The molecule has 3 unspecified atom stereocenters. The Morgan fingerprint density at radius 2 is 2.14 bits per heavy atom. The van der Waals surface area contributed by atoms with Crippen LogP contribution in [0.5, 0.6) is 0 Å². The Kier molecular flexibility index (Phi) is 4.62. The second kappa shape index (κ2) is 6.46. The minimum absolute atomic E-state index is 0.0501. The normalized spacial score (nSPS) is 29.1. The van der Waals surface area contributed by atoms with Crippen molar-refractivity contribution in [1.29, 1.82) is 0 Å². The maximum absolute atomic E-state index is 12.2.